The van der Waals surface area contributed by atoms with Gasteiger partial charge in [0, 0.05) is 12.4 Å². The number of hydrogen-bond acceptors (Lipinski definition) is 4. The summed E-state index contributed by atoms with van der Waals surface area (Å²) in [7, 11) is 0. The number of halogens is 1. The number of carboxylic acids is 1. The van der Waals surface area contributed by atoms with E-state index < -0.39 is 11.9 Å². The molecule has 0 aromatic carbocycles. The van der Waals surface area contributed by atoms with Gasteiger partial charge in [-0.15, -0.1) is 0 Å². The maximum atomic E-state index is 11.9. The summed E-state index contributed by atoms with van der Waals surface area (Å²) in [6.07, 6.45) is 2.78. The molecule has 0 fully saturated rings. The van der Waals surface area contributed by atoms with E-state index in [1.165, 1.54) is 24.5 Å². The Kier molecular flexibility index (Phi) is 3.86. The van der Waals surface area contributed by atoms with Gasteiger partial charge in [-0.1, -0.05) is 0 Å². The molecule has 2 aromatic rings. The Morgan fingerprint density at radius 1 is 1.21 bits per heavy atom. The van der Waals surface area contributed by atoms with E-state index in [1.54, 1.807) is 12.1 Å². The second-order valence-corrected chi connectivity index (χ2v) is 4.34. The van der Waals surface area contributed by atoms with Crippen molar-refractivity contribution >= 4 is 33.6 Å². The predicted octanol–water partition coefficient (Wildman–Crippen LogP) is 2.19. The first-order chi connectivity index (χ1) is 9.08. The van der Waals surface area contributed by atoms with E-state index in [4.69, 9.17) is 5.11 Å². The van der Waals surface area contributed by atoms with Crippen LogP contribution in [-0.4, -0.2) is 27.0 Å². The van der Waals surface area contributed by atoms with Crippen LogP contribution < -0.4 is 5.32 Å². The second-order valence-electron chi connectivity index (χ2n) is 3.53. The van der Waals surface area contributed by atoms with Crippen LogP contribution in [0.25, 0.3) is 0 Å². The third-order valence-corrected chi connectivity index (χ3v) is 2.73. The standard InChI is InChI=1S/C12H8BrN3O3/c13-9-4-3-7(6-15-9)11(17)16-10-8(12(18)19)2-1-5-14-10/h1-6H,(H,18,19)(H,14,16,17). The van der Waals surface area contributed by atoms with Crippen LogP contribution in [0.1, 0.15) is 20.7 Å². The molecular weight excluding hydrogens is 314 g/mol. The summed E-state index contributed by atoms with van der Waals surface area (Å²) >= 11 is 3.16. The lowest BCUT2D eigenvalue weighted by Crippen LogP contribution is -2.16. The fourth-order valence-corrected chi connectivity index (χ4v) is 1.60. The van der Waals surface area contributed by atoms with Gasteiger partial charge < -0.3 is 10.4 Å². The van der Waals surface area contributed by atoms with Gasteiger partial charge in [-0.05, 0) is 40.2 Å². The topological polar surface area (TPSA) is 92.2 Å². The summed E-state index contributed by atoms with van der Waals surface area (Å²) in [6.45, 7) is 0. The summed E-state index contributed by atoms with van der Waals surface area (Å²) in [5.74, 6) is -1.62. The van der Waals surface area contributed by atoms with Crippen LogP contribution in [0.3, 0.4) is 0 Å². The zero-order valence-corrected chi connectivity index (χ0v) is 11.1. The molecular formula is C12H8BrN3O3. The first-order valence-corrected chi connectivity index (χ1v) is 5.98. The largest absolute Gasteiger partial charge is 0.478 e. The molecule has 0 radical (unpaired) electrons. The van der Waals surface area contributed by atoms with E-state index >= 15 is 0 Å². The van der Waals surface area contributed by atoms with Gasteiger partial charge in [-0.3, -0.25) is 4.79 Å². The van der Waals surface area contributed by atoms with Crippen molar-refractivity contribution in [2.45, 2.75) is 0 Å². The first kappa shape index (κ1) is 13.2. The lowest BCUT2D eigenvalue weighted by atomic mass is 10.2. The minimum atomic E-state index is -1.16. The van der Waals surface area contributed by atoms with E-state index in [1.807, 2.05) is 0 Å². The Bertz CT molecular complexity index is 628. The van der Waals surface area contributed by atoms with E-state index in [0.29, 0.717) is 10.2 Å². The molecule has 0 aliphatic rings. The van der Waals surface area contributed by atoms with E-state index in [-0.39, 0.29) is 11.4 Å². The number of aromatic nitrogens is 2. The van der Waals surface area contributed by atoms with Crippen LogP contribution in [-0.2, 0) is 0 Å². The molecule has 19 heavy (non-hydrogen) atoms. The smallest absolute Gasteiger partial charge is 0.339 e. The number of hydrogen-bond donors (Lipinski definition) is 2. The lowest BCUT2D eigenvalue weighted by Gasteiger charge is -2.06. The summed E-state index contributed by atoms with van der Waals surface area (Å²) < 4.78 is 0.605. The summed E-state index contributed by atoms with van der Waals surface area (Å²) in [5.41, 5.74) is 0.242. The van der Waals surface area contributed by atoms with Crippen molar-refractivity contribution in [1.82, 2.24) is 9.97 Å². The zero-order chi connectivity index (χ0) is 13.8. The Morgan fingerprint density at radius 2 is 2.00 bits per heavy atom. The molecule has 0 aliphatic carbocycles. The van der Waals surface area contributed by atoms with E-state index in [0.717, 1.165) is 0 Å². The number of rotatable bonds is 3. The minimum Gasteiger partial charge on any atom is -0.478 e. The first-order valence-electron chi connectivity index (χ1n) is 5.19. The Balaban J connectivity index is 2.24. The zero-order valence-electron chi connectivity index (χ0n) is 9.50. The number of nitrogens with zero attached hydrogens (tertiary/aromatic N) is 2. The van der Waals surface area contributed by atoms with Crippen molar-refractivity contribution in [2.24, 2.45) is 0 Å². The number of carbonyl (C=O) groups excluding carboxylic acids is 1. The summed E-state index contributed by atoms with van der Waals surface area (Å²) in [5, 5.41) is 11.4. The van der Waals surface area contributed by atoms with Gasteiger partial charge in [-0.25, -0.2) is 14.8 Å². The molecule has 0 bridgehead atoms. The third kappa shape index (κ3) is 3.14. The molecule has 1 amide bonds. The van der Waals surface area contributed by atoms with Crippen molar-refractivity contribution < 1.29 is 14.7 Å². The van der Waals surface area contributed by atoms with Gasteiger partial charge in [0.2, 0.25) is 0 Å². The van der Waals surface area contributed by atoms with Crippen molar-refractivity contribution in [1.29, 1.82) is 0 Å². The van der Waals surface area contributed by atoms with Gasteiger partial charge >= 0.3 is 5.97 Å². The van der Waals surface area contributed by atoms with E-state index in [9.17, 15) is 9.59 Å². The molecule has 0 aliphatic heterocycles. The fourth-order valence-electron chi connectivity index (χ4n) is 1.37. The maximum Gasteiger partial charge on any atom is 0.339 e. The summed E-state index contributed by atoms with van der Waals surface area (Å²) in [4.78, 5) is 30.6. The highest BCUT2D eigenvalue weighted by Gasteiger charge is 2.14. The number of anilines is 1. The number of carbonyl (C=O) groups is 2. The van der Waals surface area contributed by atoms with Crippen molar-refractivity contribution in [3.8, 4) is 0 Å². The normalized spacial score (nSPS) is 9.95. The Labute approximate surface area is 116 Å². The predicted molar refractivity (Wildman–Crippen MR) is 71.1 cm³/mol. The maximum absolute atomic E-state index is 11.9. The molecule has 2 heterocycles. The monoisotopic (exact) mass is 321 g/mol. The van der Waals surface area contributed by atoms with Gasteiger partial charge in [0.05, 0.1) is 5.56 Å². The van der Waals surface area contributed by atoms with E-state index in [2.05, 4.69) is 31.2 Å². The highest BCUT2D eigenvalue weighted by atomic mass is 79.9. The van der Waals surface area contributed by atoms with Gasteiger partial charge in [0.15, 0.2) is 0 Å². The molecule has 0 saturated heterocycles. The molecule has 0 saturated carbocycles. The highest BCUT2D eigenvalue weighted by molar-refractivity contribution is 9.10. The van der Waals surface area contributed by atoms with Crippen LogP contribution in [0.2, 0.25) is 0 Å². The van der Waals surface area contributed by atoms with Crippen molar-refractivity contribution in [3.05, 3.63) is 52.4 Å². The quantitative estimate of drug-likeness (QED) is 0.845. The van der Waals surface area contributed by atoms with Crippen molar-refractivity contribution in [3.63, 3.8) is 0 Å². The minimum absolute atomic E-state index is 0.00270. The van der Waals surface area contributed by atoms with Crippen LogP contribution >= 0.6 is 15.9 Å². The van der Waals surface area contributed by atoms with Gasteiger partial charge in [0.1, 0.15) is 16.0 Å². The Morgan fingerprint density at radius 3 is 2.63 bits per heavy atom. The average Bonchev–Trinajstić information content (AvgIpc) is 2.39. The molecule has 2 aromatic heterocycles. The second kappa shape index (κ2) is 5.57. The van der Waals surface area contributed by atoms with Crippen molar-refractivity contribution in [2.75, 3.05) is 5.32 Å². The fraction of sp³-hybridized carbons (Fsp3) is 0. The van der Waals surface area contributed by atoms with Crippen LogP contribution in [0.4, 0.5) is 5.82 Å². The Hall–Kier alpha value is -2.28. The molecule has 7 heteroatoms. The SMILES string of the molecule is O=C(Nc1ncccc1C(=O)O)c1ccc(Br)nc1. The molecule has 6 nitrogen and oxygen atoms in total. The molecule has 96 valence electrons. The number of carboxylic acid groups (broad SMARTS) is 1. The molecule has 2 N–H and O–H groups in total. The number of amides is 1. The third-order valence-electron chi connectivity index (χ3n) is 2.26. The number of nitrogens with one attached hydrogen (secondary N) is 1. The lowest BCUT2D eigenvalue weighted by molar-refractivity contribution is 0.0697. The summed E-state index contributed by atoms with van der Waals surface area (Å²) in [6, 6.07) is 6.03. The number of pyridine rings is 2. The number of aromatic carboxylic acids is 1. The van der Waals surface area contributed by atoms with Crippen LogP contribution in [0.15, 0.2) is 41.3 Å². The van der Waals surface area contributed by atoms with Crippen LogP contribution in [0.5, 0.6) is 0 Å². The molecule has 0 atom stereocenters. The van der Waals surface area contributed by atoms with Gasteiger partial charge in [0.25, 0.3) is 5.91 Å². The molecule has 2 rings (SSSR count). The van der Waals surface area contributed by atoms with Gasteiger partial charge in [-0.2, -0.15) is 0 Å². The molecule has 0 spiro atoms. The molecule has 0 unspecified atom stereocenters. The van der Waals surface area contributed by atoms with Crippen LogP contribution in [0, 0.1) is 0 Å². The average molecular weight is 322 g/mol. The highest BCUT2D eigenvalue weighted by Crippen LogP contribution is 2.13.